The van der Waals surface area contributed by atoms with Gasteiger partial charge in [-0.05, 0) is 37.6 Å². The summed E-state index contributed by atoms with van der Waals surface area (Å²) in [7, 11) is 0. The minimum atomic E-state index is -0.399. The first-order valence-corrected chi connectivity index (χ1v) is 9.15. The van der Waals surface area contributed by atoms with Crippen molar-refractivity contribution in [3.63, 3.8) is 0 Å². The van der Waals surface area contributed by atoms with Crippen molar-refractivity contribution in [1.82, 2.24) is 25.2 Å². The van der Waals surface area contributed by atoms with Crippen LogP contribution in [0.4, 0.5) is 0 Å². The Balaban J connectivity index is 1.56. The summed E-state index contributed by atoms with van der Waals surface area (Å²) in [5.41, 5.74) is 0.578. The Bertz CT molecular complexity index is 1110. The van der Waals surface area contributed by atoms with Crippen LogP contribution in [0, 0.1) is 0 Å². The number of nitrogens with one attached hydrogen (secondary N) is 1. The topological polar surface area (TPSA) is 121 Å². The van der Waals surface area contributed by atoms with Crippen LogP contribution in [-0.2, 0) is 11.3 Å². The van der Waals surface area contributed by atoms with E-state index in [4.69, 9.17) is 14.0 Å². The summed E-state index contributed by atoms with van der Waals surface area (Å²) in [6.07, 6.45) is 0.790. The molecule has 3 aromatic rings. The standard InChI is InChI=1S/C19H19N5O5/c1-3-11(2)20-16(25)9-24-17(26)7-5-13(22-24)19-21-18(23-29-19)12-4-6-14-15(8-12)28-10-27-14/h4-8,11H,3,9-10H2,1-2H3,(H,20,25). The molecule has 0 saturated carbocycles. The lowest BCUT2D eigenvalue weighted by Crippen LogP contribution is -2.37. The molecule has 4 rings (SSSR count). The van der Waals surface area contributed by atoms with Crippen molar-refractivity contribution >= 4 is 5.91 Å². The average molecular weight is 397 g/mol. The first-order valence-electron chi connectivity index (χ1n) is 9.15. The Morgan fingerprint density at radius 1 is 1.24 bits per heavy atom. The maximum atomic E-state index is 12.1. The van der Waals surface area contributed by atoms with Gasteiger partial charge in [0.15, 0.2) is 11.5 Å². The van der Waals surface area contributed by atoms with Crippen molar-refractivity contribution < 1.29 is 18.8 Å². The van der Waals surface area contributed by atoms with Crippen molar-refractivity contribution in [2.45, 2.75) is 32.9 Å². The van der Waals surface area contributed by atoms with Gasteiger partial charge in [0, 0.05) is 17.7 Å². The van der Waals surface area contributed by atoms with Crippen molar-refractivity contribution in [3.05, 3.63) is 40.7 Å². The quantitative estimate of drug-likeness (QED) is 0.666. The van der Waals surface area contributed by atoms with Gasteiger partial charge in [-0.3, -0.25) is 9.59 Å². The van der Waals surface area contributed by atoms with E-state index in [2.05, 4.69) is 20.6 Å². The highest BCUT2D eigenvalue weighted by Crippen LogP contribution is 2.35. The molecular formula is C19H19N5O5. The molecule has 1 atom stereocenters. The molecule has 1 aliphatic heterocycles. The predicted molar refractivity (Wildman–Crippen MR) is 101 cm³/mol. The molecule has 150 valence electrons. The zero-order valence-electron chi connectivity index (χ0n) is 15.9. The van der Waals surface area contributed by atoms with Crippen LogP contribution in [0.3, 0.4) is 0 Å². The van der Waals surface area contributed by atoms with Crippen LogP contribution >= 0.6 is 0 Å². The molecule has 0 bridgehead atoms. The fraction of sp³-hybridized carbons (Fsp3) is 0.316. The normalized spacial score (nSPS) is 13.3. The molecule has 1 unspecified atom stereocenters. The lowest BCUT2D eigenvalue weighted by Gasteiger charge is -2.11. The number of benzene rings is 1. The minimum absolute atomic E-state index is 0.0154. The Labute approximate surface area is 165 Å². The van der Waals surface area contributed by atoms with Crippen LogP contribution in [0.25, 0.3) is 23.0 Å². The summed E-state index contributed by atoms with van der Waals surface area (Å²) in [6, 6.07) is 8.11. The monoisotopic (exact) mass is 397 g/mol. The first kappa shape index (κ1) is 18.7. The second kappa shape index (κ2) is 7.74. The number of ether oxygens (including phenoxy) is 2. The minimum Gasteiger partial charge on any atom is -0.454 e. The maximum absolute atomic E-state index is 12.1. The predicted octanol–water partition coefficient (Wildman–Crippen LogP) is 1.60. The second-order valence-electron chi connectivity index (χ2n) is 6.58. The highest BCUT2D eigenvalue weighted by Gasteiger charge is 2.18. The number of nitrogens with zero attached hydrogens (tertiary/aromatic N) is 4. The van der Waals surface area contributed by atoms with E-state index >= 15 is 0 Å². The van der Waals surface area contributed by atoms with Gasteiger partial charge in [0.2, 0.25) is 18.5 Å². The molecule has 2 aromatic heterocycles. The van der Waals surface area contributed by atoms with E-state index in [-0.39, 0.29) is 31.2 Å². The van der Waals surface area contributed by atoms with E-state index in [0.717, 1.165) is 11.1 Å². The third-order valence-corrected chi connectivity index (χ3v) is 4.46. The number of rotatable bonds is 6. The molecule has 10 nitrogen and oxygen atoms in total. The molecule has 1 N–H and O–H groups in total. The number of amides is 1. The van der Waals surface area contributed by atoms with Crippen molar-refractivity contribution in [2.75, 3.05) is 6.79 Å². The Morgan fingerprint density at radius 2 is 2.07 bits per heavy atom. The molecule has 1 amide bonds. The lowest BCUT2D eigenvalue weighted by molar-refractivity contribution is -0.122. The highest BCUT2D eigenvalue weighted by molar-refractivity contribution is 5.75. The van der Waals surface area contributed by atoms with E-state index in [9.17, 15) is 9.59 Å². The fourth-order valence-corrected chi connectivity index (χ4v) is 2.72. The van der Waals surface area contributed by atoms with Crippen LogP contribution < -0.4 is 20.3 Å². The number of fused-ring (bicyclic) bond motifs is 1. The Morgan fingerprint density at radius 3 is 2.90 bits per heavy atom. The van der Waals surface area contributed by atoms with Gasteiger partial charge >= 0.3 is 0 Å². The molecule has 1 aliphatic rings. The van der Waals surface area contributed by atoms with Crippen LogP contribution in [-0.4, -0.2) is 38.7 Å². The van der Waals surface area contributed by atoms with Gasteiger partial charge in [-0.2, -0.15) is 10.1 Å². The second-order valence-corrected chi connectivity index (χ2v) is 6.58. The van der Waals surface area contributed by atoms with Crippen LogP contribution in [0.1, 0.15) is 20.3 Å². The zero-order valence-corrected chi connectivity index (χ0v) is 15.9. The number of carbonyl (C=O) groups excluding carboxylic acids is 1. The summed E-state index contributed by atoms with van der Waals surface area (Å²) in [5.74, 6) is 1.44. The number of hydrogen-bond donors (Lipinski definition) is 1. The summed E-state index contributed by atoms with van der Waals surface area (Å²) in [6.45, 7) is 3.83. The van der Waals surface area contributed by atoms with Crippen LogP contribution in [0.2, 0.25) is 0 Å². The Kier molecular flexibility index (Phi) is 4.98. The van der Waals surface area contributed by atoms with Gasteiger partial charge in [0.25, 0.3) is 11.4 Å². The molecule has 0 aliphatic carbocycles. The summed E-state index contributed by atoms with van der Waals surface area (Å²) in [4.78, 5) is 28.5. The molecule has 0 fully saturated rings. The smallest absolute Gasteiger partial charge is 0.278 e. The molecule has 10 heteroatoms. The maximum Gasteiger partial charge on any atom is 0.278 e. The van der Waals surface area contributed by atoms with E-state index in [0.29, 0.717) is 28.6 Å². The third-order valence-electron chi connectivity index (χ3n) is 4.46. The summed E-state index contributed by atoms with van der Waals surface area (Å²) < 4.78 is 17.0. The van der Waals surface area contributed by atoms with E-state index in [1.54, 1.807) is 18.2 Å². The zero-order chi connectivity index (χ0) is 20.4. The van der Waals surface area contributed by atoms with Gasteiger partial charge in [-0.1, -0.05) is 12.1 Å². The average Bonchev–Trinajstić information content (AvgIpc) is 3.38. The number of carbonyl (C=O) groups is 1. The lowest BCUT2D eigenvalue weighted by atomic mass is 10.2. The Hall–Kier alpha value is -3.69. The van der Waals surface area contributed by atoms with Gasteiger partial charge < -0.3 is 19.3 Å². The van der Waals surface area contributed by atoms with Gasteiger partial charge in [0.1, 0.15) is 12.2 Å². The third kappa shape index (κ3) is 3.96. The molecule has 0 saturated heterocycles. The largest absolute Gasteiger partial charge is 0.454 e. The van der Waals surface area contributed by atoms with Gasteiger partial charge in [-0.15, -0.1) is 0 Å². The van der Waals surface area contributed by atoms with Gasteiger partial charge in [0.05, 0.1) is 0 Å². The SMILES string of the molecule is CCC(C)NC(=O)Cn1nc(-c2nc(-c3ccc4c(c3)OCO4)no2)ccc1=O. The van der Waals surface area contributed by atoms with E-state index in [1.165, 1.54) is 12.1 Å². The van der Waals surface area contributed by atoms with Crippen LogP contribution in [0.5, 0.6) is 11.5 Å². The van der Waals surface area contributed by atoms with E-state index < -0.39 is 5.56 Å². The molecule has 0 radical (unpaired) electrons. The van der Waals surface area contributed by atoms with Crippen molar-refractivity contribution in [1.29, 1.82) is 0 Å². The van der Waals surface area contributed by atoms with E-state index in [1.807, 2.05) is 13.8 Å². The molecule has 1 aromatic carbocycles. The summed E-state index contributed by atoms with van der Waals surface area (Å²) >= 11 is 0. The molecular weight excluding hydrogens is 378 g/mol. The van der Waals surface area contributed by atoms with Crippen molar-refractivity contribution in [3.8, 4) is 34.5 Å². The number of hydrogen-bond acceptors (Lipinski definition) is 8. The fourth-order valence-electron chi connectivity index (χ4n) is 2.72. The van der Waals surface area contributed by atoms with Crippen molar-refractivity contribution in [2.24, 2.45) is 0 Å². The summed E-state index contributed by atoms with van der Waals surface area (Å²) in [5, 5.41) is 10.9. The van der Waals surface area contributed by atoms with Gasteiger partial charge in [-0.25, -0.2) is 4.68 Å². The van der Waals surface area contributed by atoms with Crippen LogP contribution in [0.15, 0.2) is 39.6 Å². The molecule has 29 heavy (non-hydrogen) atoms. The number of aromatic nitrogens is 4. The molecule has 0 spiro atoms. The highest BCUT2D eigenvalue weighted by atomic mass is 16.7. The first-order chi connectivity index (χ1) is 14.0. The molecule has 3 heterocycles.